The second kappa shape index (κ2) is 7.97. The summed E-state index contributed by atoms with van der Waals surface area (Å²) < 4.78 is 0. The monoisotopic (exact) mass is 303 g/mol. The van der Waals surface area contributed by atoms with Crippen molar-refractivity contribution >= 4 is 11.9 Å². The van der Waals surface area contributed by atoms with Crippen LogP contribution < -0.4 is 0 Å². The molecule has 1 heterocycles. The molecule has 0 saturated carbocycles. The Morgan fingerprint density at radius 2 is 1.77 bits per heavy atom. The van der Waals surface area contributed by atoms with Gasteiger partial charge < -0.3 is 10.0 Å². The first-order valence-corrected chi connectivity index (χ1v) is 8.25. The van der Waals surface area contributed by atoms with Crippen LogP contribution in [0.1, 0.15) is 67.3 Å². The Balaban J connectivity index is 2.16. The van der Waals surface area contributed by atoms with Crippen LogP contribution in [0.3, 0.4) is 0 Å². The largest absolute Gasteiger partial charge is 0.478 e. The van der Waals surface area contributed by atoms with E-state index in [1.54, 1.807) is 24.3 Å². The predicted molar refractivity (Wildman–Crippen MR) is 86.1 cm³/mol. The molecule has 0 aromatic heterocycles. The first kappa shape index (κ1) is 16.5. The molecular weight excluding hydrogens is 278 g/mol. The molecule has 1 N–H and O–H groups in total. The van der Waals surface area contributed by atoms with Crippen LogP contribution in [0.4, 0.5) is 0 Å². The average molecular weight is 303 g/mol. The lowest BCUT2D eigenvalue weighted by Gasteiger charge is -2.30. The quantitative estimate of drug-likeness (QED) is 0.872. The first-order chi connectivity index (χ1) is 10.6. The molecule has 120 valence electrons. The number of carboxylic acid groups (broad SMARTS) is 1. The summed E-state index contributed by atoms with van der Waals surface area (Å²) in [5, 5.41) is 8.99. The summed E-state index contributed by atoms with van der Waals surface area (Å²) in [7, 11) is 0. The number of piperidine rings is 1. The van der Waals surface area contributed by atoms with E-state index in [-0.39, 0.29) is 17.4 Å². The number of benzene rings is 1. The van der Waals surface area contributed by atoms with E-state index >= 15 is 0 Å². The summed E-state index contributed by atoms with van der Waals surface area (Å²) in [6.45, 7) is 3.83. The number of rotatable bonds is 6. The van der Waals surface area contributed by atoms with E-state index in [0.29, 0.717) is 0 Å². The van der Waals surface area contributed by atoms with Crippen molar-refractivity contribution in [2.45, 2.75) is 51.4 Å². The van der Waals surface area contributed by atoms with Crippen LogP contribution in [-0.4, -0.2) is 35.0 Å². The van der Waals surface area contributed by atoms with E-state index in [4.69, 9.17) is 5.11 Å². The molecular formula is C18H25NO3. The Bertz CT molecular complexity index is 504. The Labute approximate surface area is 132 Å². The molecule has 1 fully saturated rings. The molecule has 1 saturated heterocycles. The summed E-state index contributed by atoms with van der Waals surface area (Å²) >= 11 is 0. The topological polar surface area (TPSA) is 57.6 Å². The number of likely N-dealkylation sites (tertiary alicyclic amines) is 1. The molecule has 1 aromatic rings. The second-order valence-corrected chi connectivity index (χ2v) is 6.01. The van der Waals surface area contributed by atoms with Gasteiger partial charge in [0.1, 0.15) is 0 Å². The van der Waals surface area contributed by atoms with Crippen molar-refractivity contribution in [2.75, 3.05) is 13.1 Å². The van der Waals surface area contributed by atoms with E-state index in [1.807, 2.05) is 4.90 Å². The molecule has 1 amide bonds. The molecule has 0 aliphatic carbocycles. The lowest BCUT2D eigenvalue weighted by Crippen LogP contribution is -2.38. The molecule has 1 aromatic carbocycles. The fourth-order valence-electron chi connectivity index (χ4n) is 3.03. The third-order valence-electron chi connectivity index (χ3n) is 4.37. The SMILES string of the molecule is CCCCC(C(=O)N1CCCCC1)c1ccc(C(=O)O)cc1. The fraction of sp³-hybridized carbons (Fsp3) is 0.556. The molecule has 4 heteroatoms. The van der Waals surface area contributed by atoms with Gasteiger partial charge in [-0.3, -0.25) is 4.79 Å². The van der Waals surface area contributed by atoms with Gasteiger partial charge in [0.15, 0.2) is 0 Å². The molecule has 1 unspecified atom stereocenters. The predicted octanol–water partition coefficient (Wildman–Crippen LogP) is 3.67. The minimum atomic E-state index is -0.931. The fourth-order valence-corrected chi connectivity index (χ4v) is 3.03. The number of carbonyl (C=O) groups is 2. The number of hydrogen-bond donors (Lipinski definition) is 1. The van der Waals surface area contributed by atoms with Crippen LogP contribution in [0.5, 0.6) is 0 Å². The third kappa shape index (κ3) is 4.09. The number of amides is 1. The Morgan fingerprint density at radius 3 is 2.32 bits per heavy atom. The van der Waals surface area contributed by atoms with Crippen LogP contribution in [0.15, 0.2) is 24.3 Å². The van der Waals surface area contributed by atoms with Crippen LogP contribution in [0.2, 0.25) is 0 Å². The maximum absolute atomic E-state index is 12.8. The van der Waals surface area contributed by atoms with Gasteiger partial charge in [-0.15, -0.1) is 0 Å². The maximum Gasteiger partial charge on any atom is 0.335 e. The minimum absolute atomic E-state index is 0.138. The molecule has 2 rings (SSSR count). The first-order valence-electron chi connectivity index (χ1n) is 8.25. The standard InChI is InChI=1S/C18H25NO3/c1-2-3-7-16(17(20)19-12-5-4-6-13-19)14-8-10-15(11-9-14)18(21)22/h8-11,16H,2-7,12-13H2,1H3,(H,21,22). The van der Waals surface area contributed by atoms with Crippen molar-refractivity contribution in [3.63, 3.8) is 0 Å². The summed E-state index contributed by atoms with van der Waals surface area (Å²) in [6.07, 6.45) is 6.27. The number of hydrogen-bond acceptors (Lipinski definition) is 2. The lowest BCUT2D eigenvalue weighted by atomic mass is 9.91. The van der Waals surface area contributed by atoms with Crippen molar-refractivity contribution in [1.82, 2.24) is 4.90 Å². The van der Waals surface area contributed by atoms with Gasteiger partial charge in [-0.25, -0.2) is 4.79 Å². The molecule has 1 aliphatic heterocycles. The van der Waals surface area contributed by atoms with Gasteiger partial charge in [-0.2, -0.15) is 0 Å². The van der Waals surface area contributed by atoms with Crippen molar-refractivity contribution in [1.29, 1.82) is 0 Å². The zero-order valence-corrected chi connectivity index (χ0v) is 13.3. The number of carboxylic acids is 1. The second-order valence-electron chi connectivity index (χ2n) is 6.01. The van der Waals surface area contributed by atoms with Gasteiger partial charge in [0.25, 0.3) is 0 Å². The van der Waals surface area contributed by atoms with Gasteiger partial charge in [-0.05, 0) is 43.4 Å². The highest BCUT2D eigenvalue weighted by Gasteiger charge is 2.26. The third-order valence-corrected chi connectivity index (χ3v) is 4.37. The van der Waals surface area contributed by atoms with E-state index < -0.39 is 5.97 Å². The Kier molecular flexibility index (Phi) is 5.99. The number of aromatic carboxylic acids is 1. The lowest BCUT2D eigenvalue weighted by molar-refractivity contribution is -0.133. The number of carbonyl (C=O) groups excluding carboxylic acids is 1. The van der Waals surface area contributed by atoms with Crippen LogP contribution in [0.25, 0.3) is 0 Å². The zero-order valence-electron chi connectivity index (χ0n) is 13.3. The Hall–Kier alpha value is -1.84. The van der Waals surface area contributed by atoms with Gasteiger partial charge in [-0.1, -0.05) is 31.9 Å². The van der Waals surface area contributed by atoms with Gasteiger partial charge >= 0.3 is 5.97 Å². The normalized spacial score (nSPS) is 16.3. The summed E-state index contributed by atoms with van der Waals surface area (Å²) in [5.41, 5.74) is 1.21. The number of nitrogens with zero attached hydrogens (tertiary/aromatic N) is 1. The summed E-state index contributed by atoms with van der Waals surface area (Å²) in [5.74, 6) is -0.865. The summed E-state index contributed by atoms with van der Waals surface area (Å²) in [4.78, 5) is 25.8. The minimum Gasteiger partial charge on any atom is -0.478 e. The molecule has 1 atom stereocenters. The smallest absolute Gasteiger partial charge is 0.335 e. The van der Waals surface area contributed by atoms with Crippen LogP contribution >= 0.6 is 0 Å². The van der Waals surface area contributed by atoms with E-state index in [2.05, 4.69) is 6.92 Å². The average Bonchev–Trinajstić information content (AvgIpc) is 2.56. The van der Waals surface area contributed by atoms with E-state index in [0.717, 1.165) is 50.8 Å². The molecule has 4 nitrogen and oxygen atoms in total. The molecule has 1 aliphatic rings. The van der Waals surface area contributed by atoms with Crippen molar-refractivity contribution in [3.8, 4) is 0 Å². The zero-order chi connectivity index (χ0) is 15.9. The van der Waals surface area contributed by atoms with Gasteiger partial charge in [0.05, 0.1) is 11.5 Å². The van der Waals surface area contributed by atoms with Gasteiger partial charge in [0.2, 0.25) is 5.91 Å². The molecule has 22 heavy (non-hydrogen) atoms. The number of unbranched alkanes of at least 4 members (excludes halogenated alkanes) is 1. The van der Waals surface area contributed by atoms with Crippen molar-refractivity contribution in [2.24, 2.45) is 0 Å². The highest BCUT2D eigenvalue weighted by molar-refractivity contribution is 5.88. The van der Waals surface area contributed by atoms with E-state index in [9.17, 15) is 9.59 Å². The van der Waals surface area contributed by atoms with Crippen molar-refractivity contribution in [3.05, 3.63) is 35.4 Å². The summed E-state index contributed by atoms with van der Waals surface area (Å²) in [6, 6.07) is 6.79. The molecule has 0 spiro atoms. The van der Waals surface area contributed by atoms with Gasteiger partial charge in [0, 0.05) is 13.1 Å². The molecule has 0 radical (unpaired) electrons. The van der Waals surface area contributed by atoms with Crippen LogP contribution in [0, 0.1) is 0 Å². The Morgan fingerprint density at radius 1 is 1.14 bits per heavy atom. The van der Waals surface area contributed by atoms with Crippen LogP contribution in [-0.2, 0) is 4.79 Å². The molecule has 0 bridgehead atoms. The maximum atomic E-state index is 12.8. The van der Waals surface area contributed by atoms with Crippen molar-refractivity contribution < 1.29 is 14.7 Å². The highest BCUT2D eigenvalue weighted by Crippen LogP contribution is 2.26. The highest BCUT2D eigenvalue weighted by atomic mass is 16.4. The van der Waals surface area contributed by atoms with E-state index in [1.165, 1.54) is 6.42 Å².